The van der Waals surface area contributed by atoms with Crippen molar-refractivity contribution in [2.45, 2.75) is 12.6 Å². The number of alkyl halides is 1. The zero-order valence-electron chi connectivity index (χ0n) is 9.33. The monoisotopic (exact) mass is 337 g/mol. The third-order valence-electron chi connectivity index (χ3n) is 2.93. The lowest BCUT2D eigenvalue weighted by atomic mass is 10.1. The molecule has 1 fully saturated rings. The molecule has 1 aromatic carbocycles. The molecular formula is C12H14BrCl2NO. The Morgan fingerprint density at radius 1 is 1.41 bits per heavy atom. The topological polar surface area (TPSA) is 12.5 Å². The van der Waals surface area contributed by atoms with Gasteiger partial charge < -0.3 is 4.74 Å². The van der Waals surface area contributed by atoms with Crippen molar-refractivity contribution < 1.29 is 4.74 Å². The summed E-state index contributed by atoms with van der Waals surface area (Å²) in [6.07, 6.45) is 0. The van der Waals surface area contributed by atoms with Gasteiger partial charge in [-0.15, -0.1) is 0 Å². The van der Waals surface area contributed by atoms with E-state index in [-0.39, 0.29) is 0 Å². The maximum absolute atomic E-state index is 6.20. The standard InChI is InChI=1S/C12H14BrCl2NO/c13-6-10-8-17-5-4-16(10)7-9-2-1-3-11(14)12(9)15/h1-3,10H,4-8H2. The van der Waals surface area contributed by atoms with Crippen molar-refractivity contribution in [1.29, 1.82) is 0 Å². The number of nitrogens with zero attached hydrogens (tertiary/aromatic N) is 1. The Kier molecular flexibility index (Phi) is 5.12. The summed E-state index contributed by atoms with van der Waals surface area (Å²) in [5.41, 5.74) is 1.08. The summed E-state index contributed by atoms with van der Waals surface area (Å²) < 4.78 is 5.46. The van der Waals surface area contributed by atoms with Gasteiger partial charge in [0.25, 0.3) is 0 Å². The van der Waals surface area contributed by atoms with E-state index < -0.39 is 0 Å². The highest BCUT2D eigenvalue weighted by Crippen LogP contribution is 2.27. The van der Waals surface area contributed by atoms with Crippen LogP contribution in [0.2, 0.25) is 10.0 Å². The number of halogens is 3. The first-order valence-corrected chi connectivity index (χ1v) is 7.40. The van der Waals surface area contributed by atoms with Crippen molar-refractivity contribution >= 4 is 39.1 Å². The van der Waals surface area contributed by atoms with Gasteiger partial charge in [0.05, 0.1) is 23.3 Å². The third-order valence-corrected chi connectivity index (χ3v) is 4.54. The van der Waals surface area contributed by atoms with Crippen LogP contribution < -0.4 is 0 Å². The molecule has 94 valence electrons. The summed E-state index contributed by atoms with van der Waals surface area (Å²) >= 11 is 15.7. The fraction of sp³-hybridized carbons (Fsp3) is 0.500. The van der Waals surface area contributed by atoms with Gasteiger partial charge in [-0.25, -0.2) is 0 Å². The molecule has 0 spiro atoms. The Balaban J connectivity index is 2.11. The molecule has 1 saturated heterocycles. The normalized spacial score (nSPS) is 21.7. The molecule has 0 radical (unpaired) electrons. The number of hydrogen-bond acceptors (Lipinski definition) is 2. The molecule has 0 saturated carbocycles. The summed E-state index contributed by atoms with van der Waals surface area (Å²) in [6.45, 7) is 3.29. The van der Waals surface area contributed by atoms with Gasteiger partial charge in [0, 0.05) is 24.5 Å². The molecule has 0 aliphatic carbocycles. The van der Waals surface area contributed by atoms with E-state index in [2.05, 4.69) is 20.8 Å². The van der Waals surface area contributed by atoms with Crippen LogP contribution in [-0.4, -0.2) is 36.0 Å². The van der Waals surface area contributed by atoms with Gasteiger partial charge >= 0.3 is 0 Å². The molecule has 0 amide bonds. The van der Waals surface area contributed by atoms with Crippen LogP contribution in [0.1, 0.15) is 5.56 Å². The Labute approximate surface area is 120 Å². The van der Waals surface area contributed by atoms with Gasteiger partial charge in [-0.1, -0.05) is 51.3 Å². The lowest BCUT2D eigenvalue weighted by Crippen LogP contribution is -2.45. The molecule has 1 aliphatic heterocycles. The summed E-state index contributed by atoms with van der Waals surface area (Å²) in [4.78, 5) is 2.37. The van der Waals surface area contributed by atoms with E-state index in [0.717, 1.165) is 37.2 Å². The second-order valence-corrected chi connectivity index (χ2v) is 5.50. The van der Waals surface area contributed by atoms with E-state index in [0.29, 0.717) is 16.1 Å². The number of rotatable bonds is 3. The number of ether oxygens (including phenoxy) is 1. The minimum Gasteiger partial charge on any atom is -0.378 e. The first-order valence-electron chi connectivity index (χ1n) is 5.53. The van der Waals surface area contributed by atoms with Gasteiger partial charge in [0.2, 0.25) is 0 Å². The van der Waals surface area contributed by atoms with E-state index in [1.165, 1.54) is 0 Å². The molecule has 2 nitrogen and oxygen atoms in total. The van der Waals surface area contributed by atoms with E-state index in [9.17, 15) is 0 Å². The zero-order valence-corrected chi connectivity index (χ0v) is 12.4. The summed E-state index contributed by atoms with van der Waals surface area (Å²) in [5, 5.41) is 2.19. The van der Waals surface area contributed by atoms with Crippen LogP contribution in [0.3, 0.4) is 0 Å². The molecule has 17 heavy (non-hydrogen) atoms. The van der Waals surface area contributed by atoms with Gasteiger partial charge in [-0.3, -0.25) is 4.90 Å². The highest BCUT2D eigenvalue weighted by atomic mass is 79.9. The fourth-order valence-corrected chi connectivity index (χ4v) is 2.91. The molecule has 1 aliphatic rings. The zero-order chi connectivity index (χ0) is 12.3. The molecule has 1 aromatic rings. The van der Waals surface area contributed by atoms with Crippen LogP contribution in [0.15, 0.2) is 18.2 Å². The van der Waals surface area contributed by atoms with Crippen LogP contribution >= 0.6 is 39.1 Å². The highest BCUT2D eigenvalue weighted by Gasteiger charge is 2.22. The maximum atomic E-state index is 6.20. The van der Waals surface area contributed by atoms with Crippen LogP contribution in [0.5, 0.6) is 0 Å². The predicted octanol–water partition coefficient (Wildman–Crippen LogP) is 3.59. The summed E-state index contributed by atoms with van der Waals surface area (Å²) in [7, 11) is 0. The van der Waals surface area contributed by atoms with E-state index in [4.69, 9.17) is 27.9 Å². The van der Waals surface area contributed by atoms with Crippen molar-refractivity contribution in [3.05, 3.63) is 33.8 Å². The Morgan fingerprint density at radius 2 is 2.24 bits per heavy atom. The molecule has 1 unspecified atom stereocenters. The number of benzene rings is 1. The molecule has 2 rings (SSSR count). The number of hydrogen-bond donors (Lipinski definition) is 0. The van der Waals surface area contributed by atoms with E-state index >= 15 is 0 Å². The van der Waals surface area contributed by atoms with Crippen LogP contribution in [0.25, 0.3) is 0 Å². The average Bonchev–Trinajstić information content (AvgIpc) is 2.35. The largest absolute Gasteiger partial charge is 0.378 e. The maximum Gasteiger partial charge on any atom is 0.0637 e. The molecule has 1 atom stereocenters. The second-order valence-electron chi connectivity index (χ2n) is 4.07. The fourth-order valence-electron chi connectivity index (χ4n) is 1.93. The lowest BCUT2D eigenvalue weighted by molar-refractivity contribution is -0.00211. The minimum absolute atomic E-state index is 0.402. The third kappa shape index (κ3) is 3.36. The number of morpholine rings is 1. The molecular weight excluding hydrogens is 325 g/mol. The van der Waals surface area contributed by atoms with E-state index in [1.54, 1.807) is 0 Å². The van der Waals surface area contributed by atoms with Gasteiger partial charge in [0.15, 0.2) is 0 Å². The minimum atomic E-state index is 0.402. The van der Waals surface area contributed by atoms with Crippen LogP contribution in [0, 0.1) is 0 Å². The van der Waals surface area contributed by atoms with Crippen molar-refractivity contribution in [2.75, 3.05) is 25.1 Å². The smallest absolute Gasteiger partial charge is 0.0637 e. The van der Waals surface area contributed by atoms with Crippen molar-refractivity contribution in [1.82, 2.24) is 4.90 Å². The first-order chi connectivity index (χ1) is 8.22. The van der Waals surface area contributed by atoms with Crippen molar-refractivity contribution in [2.24, 2.45) is 0 Å². The molecule has 1 heterocycles. The van der Waals surface area contributed by atoms with Crippen molar-refractivity contribution in [3.8, 4) is 0 Å². The van der Waals surface area contributed by atoms with Crippen LogP contribution in [-0.2, 0) is 11.3 Å². The first kappa shape index (κ1) is 13.6. The Bertz CT molecular complexity index is 389. The second kappa shape index (κ2) is 6.39. The highest BCUT2D eigenvalue weighted by molar-refractivity contribution is 9.09. The quantitative estimate of drug-likeness (QED) is 0.781. The molecule has 0 N–H and O–H groups in total. The van der Waals surface area contributed by atoms with E-state index in [1.807, 2.05) is 18.2 Å². The average molecular weight is 339 g/mol. The molecule has 5 heteroatoms. The Hall–Kier alpha value is 0.200. The van der Waals surface area contributed by atoms with Crippen molar-refractivity contribution in [3.63, 3.8) is 0 Å². The van der Waals surface area contributed by atoms with Gasteiger partial charge in [-0.05, 0) is 11.6 Å². The van der Waals surface area contributed by atoms with Gasteiger partial charge in [0.1, 0.15) is 0 Å². The van der Waals surface area contributed by atoms with Gasteiger partial charge in [-0.2, -0.15) is 0 Å². The predicted molar refractivity (Wildman–Crippen MR) is 75.3 cm³/mol. The summed E-state index contributed by atoms with van der Waals surface area (Å²) in [6, 6.07) is 6.18. The van der Waals surface area contributed by atoms with Crippen LogP contribution in [0.4, 0.5) is 0 Å². The molecule has 0 aromatic heterocycles. The summed E-state index contributed by atoms with van der Waals surface area (Å²) in [5.74, 6) is 0. The SMILES string of the molecule is Clc1cccc(CN2CCOCC2CBr)c1Cl. The molecule has 0 bridgehead atoms. The lowest BCUT2D eigenvalue weighted by Gasteiger charge is -2.34. The Morgan fingerprint density at radius 3 is 3.00 bits per heavy atom.